The minimum absolute atomic E-state index is 0.123. The SMILES string of the molecule is COC(=O)Cn1nc(C(=O)c2nccn2COCC[Si](C)(C)C)c2cc(-c3cnc(C)nc3)ccc21. The predicted molar refractivity (Wildman–Crippen MR) is 137 cm³/mol. The number of rotatable bonds is 10. The number of fused-ring (bicyclic) bond motifs is 1. The van der Waals surface area contributed by atoms with E-state index in [9.17, 15) is 9.59 Å². The van der Waals surface area contributed by atoms with Gasteiger partial charge in [-0.2, -0.15) is 5.10 Å². The molecule has 0 amide bonds. The van der Waals surface area contributed by atoms with Crippen molar-refractivity contribution >= 4 is 30.7 Å². The highest BCUT2D eigenvalue weighted by atomic mass is 28.3. The predicted octanol–water partition coefficient (Wildman–Crippen LogP) is 3.71. The summed E-state index contributed by atoms with van der Waals surface area (Å²) in [5.41, 5.74) is 2.45. The van der Waals surface area contributed by atoms with Crippen LogP contribution in [0.1, 0.15) is 22.1 Å². The zero-order valence-electron chi connectivity index (χ0n) is 21.2. The maximum Gasteiger partial charge on any atom is 0.327 e. The zero-order valence-corrected chi connectivity index (χ0v) is 22.2. The first-order valence-corrected chi connectivity index (χ1v) is 15.4. The molecule has 10 nitrogen and oxygen atoms in total. The molecule has 0 aliphatic rings. The van der Waals surface area contributed by atoms with Crippen LogP contribution in [0.2, 0.25) is 25.7 Å². The minimum Gasteiger partial charge on any atom is -0.468 e. The van der Waals surface area contributed by atoms with E-state index in [0.29, 0.717) is 23.3 Å². The van der Waals surface area contributed by atoms with Gasteiger partial charge in [-0.05, 0) is 30.7 Å². The Balaban J connectivity index is 1.70. The lowest BCUT2D eigenvalue weighted by Crippen LogP contribution is -2.22. The third kappa shape index (κ3) is 5.74. The number of carbonyl (C=O) groups excluding carboxylic acids is 2. The van der Waals surface area contributed by atoms with Gasteiger partial charge in [0.05, 0.1) is 12.6 Å². The Morgan fingerprint density at radius 1 is 1.06 bits per heavy atom. The number of ether oxygens (including phenoxy) is 2. The molecular weight excluding hydrogens is 476 g/mol. The van der Waals surface area contributed by atoms with Crippen molar-refractivity contribution in [2.45, 2.75) is 45.9 Å². The van der Waals surface area contributed by atoms with E-state index in [1.165, 1.54) is 11.8 Å². The molecule has 188 valence electrons. The second-order valence-corrected chi connectivity index (χ2v) is 15.4. The van der Waals surface area contributed by atoms with Crippen molar-refractivity contribution in [2.75, 3.05) is 13.7 Å². The van der Waals surface area contributed by atoms with Gasteiger partial charge in [0.2, 0.25) is 5.78 Å². The van der Waals surface area contributed by atoms with Crippen LogP contribution in [0.4, 0.5) is 0 Å². The Hall–Kier alpha value is -3.70. The second-order valence-electron chi connectivity index (χ2n) is 9.73. The average molecular weight is 507 g/mol. The Morgan fingerprint density at radius 3 is 2.50 bits per heavy atom. The number of hydrogen-bond donors (Lipinski definition) is 0. The van der Waals surface area contributed by atoms with Gasteiger partial charge in [0.15, 0.2) is 5.82 Å². The Bertz CT molecular complexity index is 1390. The molecule has 0 unspecified atom stereocenters. The average Bonchev–Trinajstić information content (AvgIpc) is 3.46. The summed E-state index contributed by atoms with van der Waals surface area (Å²) in [5, 5.41) is 5.09. The first-order valence-electron chi connectivity index (χ1n) is 11.7. The molecule has 0 N–H and O–H groups in total. The van der Waals surface area contributed by atoms with Crippen LogP contribution in [0, 0.1) is 6.92 Å². The molecule has 0 aliphatic carbocycles. The number of aryl methyl sites for hydroxylation is 1. The molecule has 0 spiro atoms. The third-order valence-corrected chi connectivity index (χ3v) is 7.44. The lowest BCUT2D eigenvalue weighted by Gasteiger charge is -2.15. The van der Waals surface area contributed by atoms with Gasteiger partial charge in [-0.25, -0.2) is 15.0 Å². The van der Waals surface area contributed by atoms with Crippen molar-refractivity contribution in [3.05, 3.63) is 60.3 Å². The molecule has 36 heavy (non-hydrogen) atoms. The normalized spacial score (nSPS) is 11.7. The molecule has 4 rings (SSSR count). The van der Waals surface area contributed by atoms with Crippen LogP contribution in [0.5, 0.6) is 0 Å². The molecule has 0 saturated heterocycles. The van der Waals surface area contributed by atoms with Gasteiger partial charge in [0, 0.05) is 50.4 Å². The molecule has 4 aromatic rings. The van der Waals surface area contributed by atoms with Crippen LogP contribution in [-0.2, 0) is 27.5 Å². The Morgan fingerprint density at radius 2 is 1.81 bits per heavy atom. The van der Waals surface area contributed by atoms with Crippen molar-refractivity contribution in [3.8, 4) is 11.1 Å². The smallest absolute Gasteiger partial charge is 0.327 e. The molecular formula is C25H30N6O4Si. The number of carbonyl (C=O) groups is 2. The number of ketones is 1. The molecule has 1 aromatic carbocycles. The van der Waals surface area contributed by atoms with E-state index in [0.717, 1.165) is 17.2 Å². The highest BCUT2D eigenvalue weighted by Gasteiger charge is 2.24. The minimum atomic E-state index is -1.22. The highest BCUT2D eigenvalue weighted by Crippen LogP contribution is 2.27. The maximum atomic E-state index is 13.6. The zero-order chi connectivity index (χ0) is 25.9. The van der Waals surface area contributed by atoms with Crippen molar-refractivity contribution in [2.24, 2.45) is 0 Å². The van der Waals surface area contributed by atoms with Crippen LogP contribution >= 0.6 is 0 Å². The Labute approximate surface area is 210 Å². The van der Waals surface area contributed by atoms with E-state index < -0.39 is 14.0 Å². The molecule has 0 saturated carbocycles. The molecule has 0 fully saturated rings. The van der Waals surface area contributed by atoms with Crippen LogP contribution in [0.15, 0.2) is 43.0 Å². The lowest BCUT2D eigenvalue weighted by atomic mass is 10.0. The number of aromatic nitrogens is 6. The second kappa shape index (κ2) is 10.5. The summed E-state index contributed by atoms with van der Waals surface area (Å²) in [4.78, 5) is 38.5. The van der Waals surface area contributed by atoms with Crippen molar-refractivity contribution in [1.29, 1.82) is 0 Å². The summed E-state index contributed by atoms with van der Waals surface area (Å²) in [7, 11) is 0.0892. The van der Waals surface area contributed by atoms with E-state index in [1.807, 2.05) is 25.1 Å². The van der Waals surface area contributed by atoms with Gasteiger partial charge in [-0.3, -0.25) is 14.3 Å². The number of esters is 1. The first kappa shape index (κ1) is 25.4. The number of imidazole rings is 1. The molecule has 11 heteroatoms. The maximum absolute atomic E-state index is 13.6. The van der Waals surface area contributed by atoms with E-state index in [-0.39, 0.29) is 30.6 Å². The summed E-state index contributed by atoms with van der Waals surface area (Å²) in [6.07, 6.45) is 6.74. The standard InChI is InChI=1S/C25H30N6O4Si/c1-17-27-13-19(14-28-17)18-6-7-21-20(12-18)23(29-31(21)15-22(32)34-2)24(33)25-26-8-9-30(25)16-35-10-11-36(3,4)5/h6-9,12-14H,10-11,15-16H2,1-5H3. The summed E-state index contributed by atoms with van der Waals surface area (Å²) < 4.78 is 13.8. The molecule has 0 radical (unpaired) electrons. The fourth-order valence-corrected chi connectivity index (χ4v) is 4.40. The van der Waals surface area contributed by atoms with Gasteiger partial charge < -0.3 is 14.0 Å². The van der Waals surface area contributed by atoms with Crippen LogP contribution < -0.4 is 0 Å². The fraction of sp³-hybridized carbons (Fsp3) is 0.360. The third-order valence-electron chi connectivity index (χ3n) is 5.73. The molecule has 3 heterocycles. The fourth-order valence-electron chi connectivity index (χ4n) is 3.65. The number of methoxy groups -OCH3 is 1. The van der Waals surface area contributed by atoms with Gasteiger partial charge in [0.1, 0.15) is 24.8 Å². The molecule has 0 aliphatic heterocycles. The summed E-state index contributed by atoms with van der Waals surface area (Å²) in [6.45, 7) is 9.40. The number of hydrogen-bond acceptors (Lipinski definition) is 8. The Kier molecular flexibility index (Phi) is 7.41. The van der Waals surface area contributed by atoms with Crippen LogP contribution in [0.25, 0.3) is 22.0 Å². The topological polar surface area (TPSA) is 114 Å². The van der Waals surface area contributed by atoms with Gasteiger partial charge >= 0.3 is 5.97 Å². The molecule has 3 aromatic heterocycles. The van der Waals surface area contributed by atoms with Gasteiger partial charge in [0.25, 0.3) is 0 Å². The summed E-state index contributed by atoms with van der Waals surface area (Å²) in [6, 6.07) is 6.59. The monoisotopic (exact) mass is 506 g/mol. The van der Waals surface area contributed by atoms with Crippen molar-refractivity contribution in [3.63, 3.8) is 0 Å². The van der Waals surface area contributed by atoms with Crippen molar-refractivity contribution in [1.82, 2.24) is 29.3 Å². The summed E-state index contributed by atoms with van der Waals surface area (Å²) >= 11 is 0. The van der Waals surface area contributed by atoms with Gasteiger partial charge in [-0.1, -0.05) is 25.7 Å². The molecule has 0 atom stereocenters. The first-order chi connectivity index (χ1) is 17.2. The van der Waals surface area contributed by atoms with E-state index in [2.05, 4.69) is 39.7 Å². The van der Waals surface area contributed by atoms with Gasteiger partial charge in [-0.15, -0.1) is 0 Å². The lowest BCUT2D eigenvalue weighted by molar-refractivity contribution is -0.141. The van der Waals surface area contributed by atoms with Crippen LogP contribution in [0.3, 0.4) is 0 Å². The number of nitrogens with zero attached hydrogens (tertiary/aromatic N) is 6. The van der Waals surface area contributed by atoms with E-state index in [4.69, 9.17) is 9.47 Å². The van der Waals surface area contributed by atoms with Crippen LogP contribution in [-0.4, -0.2) is 62.8 Å². The highest BCUT2D eigenvalue weighted by molar-refractivity contribution is 6.76. The van der Waals surface area contributed by atoms with E-state index >= 15 is 0 Å². The van der Waals surface area contributed by atoms with E-state index in [1.54, 1.807) is 29.4 Å². The van der Waals surface area contributed by atoms with Crippen molar-refractivity contribution < 1.29 is 19.1 Å². The number of benzene rings is 1. The summed E-state index contributed by atoms with van der Waals surface area (Å²) in [5.74, 6) is 0.0589. The largest absolute Gasteiger partial charge is 0.468 e. The quantitative estimate of drug-likeness (QED) is 0.138. The molecule has 0 bridgehead atoms.